The summed E-state index contributed by atoms with van der Waals surface area (Å²) >= 11 is 0. The van der Waals surface area contributed by atoms with E-state index in [1.807, 2.05) is 13.1 Å². The molecule has 0 spiro atoms. The Balaban J connectivity index is 2.00. The van der Waals surface area contributed by atoms with Crippen LogP contribution in [0.1, 0.15) is 29.7 Å². The van der Waals surface area contributed by atoms with Crippen molar-refractivity contribution >= 4 is 0 Å². The highest BCUT2D eigenvalue weighted by Crippen LogP contribution is 2.13. The molecule has 1 atom stereocenters. The lowest BCUT2D eigenvalue weighted by Crippen LogP contribution is -2.18. The summed E-state index contributed by atoms with van der Waals surface area (Å²) in [6.45, 7) is 4.69. The first-order valence-corrected chi connectivity index (χ1v) is 5.64. The summed E-state index contributed by atoms with van der Waals surface area (Å²) in [5.41, 5.74) is 3.18. The SMILES string of the molecule is Cc1ccc(F)cc1CNC(C)c1cn[nH]c1. The fraction of sp³-hybridized carbons (Fsp3) is 0.308. The number of hydrogen-bond donors (Lipinski definition) is 2. The van der Waals surface area contributed by atoms with Gasteiger partial charge >= 0.3 is 0 Å². The van der Waals surface area contributed by atoms with Crippen molar-refractivity contribution in [1.29, 1.82) is 0 Å². The fourth-order valence-electron chi connectivity index (χ4n) is 1.71. The molecule has 1 unspecified atom stereocenters. The first kappa shape index (κ1) is 11.8. The summed E-state index contributed by atoms with van der Waals surface area (Å²) in [7, 11) is 0. The van der Waals surface area contributed by atoms with Gasteiger partial charge in [-0.25, -0.2) is 4.39 Å². The van der Waals surface area contributed by atoms with Gasteiger partial charge in [-0.3, -0.25) is 5.10 Å². The molecule has 0 aliphatic heterocycles. The summed E-state index contributed by atoms with van der Waals surface area (Å²) in [6, 6.07) is 5.05. The van der Waals surface area contributed by atoms with Crippen LogP contribution in [0.25, 0.3) is 0 Å². The summed E-state index contributed by atoms with van der Waals surface area (Å²) in [6.07, 6.45) is 3.65. The maximum atomic E-state index is 13.1. The minimum atomic E-state index is -0.191. The number of nitrogens with zero attached hydrogens (tertiary/aromatic N) is 1. The first-order valence-electron chi connectivity index (χ1n) is 5.64. The van der Waals surface area contributed by atoms with Crippen LogP contribution >= 0.6 is 0 Å². The maximum Gasteiger partial charge on any atom is 0.123 e. The molecule has 90 valence electrons. The van der Waals surface area contributed by atoms with E-state index in [4.69, 9.17) is 0 Å². The molecule has 1 aromatic heterocycles. The van der Waals surface area contributed by atoms with Gasteiger partial charge in [0.05, 0.1) is 6.20 Å². The van der Waals surface area contributed by atoms with Crippen LogP contribution in [0, 0.1) is 12.7 Å². The van der Waals surface area contributed by atoms with Crippen molar-refractivity contribution in [2.75, 3.05) is 0 Å². The van der Waals surface area contributed by atoms with Crippen molar-refractivity contribution in [2.45, 2.75) is 26.4 Å². The predicted molar refractivity (Wildman–Crippen MR) is 65.0 cm³/mol. The highest BCUT2D eigenvalue weighted by molar-refractivity contribution is 5.26. The molecular formula is C13H16FN3. The molecule has 17 heavy (non-hydrogen) atoms. The molecule has 3 nitrogen and oxygen atoms in total. The monoisotopic (exact) mass is 233 g/mol. The van der Waals surface area contributed by atoms with Gasteiger partial charge in [-0.05, 0) is 37.1 Å². The number of H-pyrrole nitrogens is 1. The van der Waals surface area contributed by atoms with Gasteiger partial charge in [-0.1, -0.05) is 6.07 Å². The second-order valence-electron chi connectivity index (χ2n) is 4.21. The molecular weight excluding hydrogens is 217 g/mol. The third-order valence-electron chi connectivity index (χ3n) is 2.93. The number of hydrogen-bond acceptors (Lipinski definition) is 2. The largest absolute Gasteiger partial charge is 0.306 e. The van der Waals surface area contributed by atoms with Crippen molar-refractivity contribution in [2.24, 2.45) is 0 Å². The molecule has 0 bridgehead atoms. The van der Waals surface area contributed by atoms with E-state index in [-0.39, 0.29) is 11.9 Å². The van der Waals surface area contributed by atoms with Gasteiger partial charge in [0.1, 0.15) is 5.82 Å². The van der Waals surface area contributed by atoms with Crippen LogP contribution < -0.4 is 5.32 Å². The molecule has 0 saturated heterocycles. The predicted octanol–water partition coefficient (Wildman–Crippen LogP) is 2.71. The lowest BCUT2D eigenvalue weighted by Gasteiger charge is -2.13. The molecule has 1 aromatic carbocycles. The molecule has 2 N–H and O–H groups in total. The fourth-order valence-corrected chi connectivity index (χ4v) is 1.71. The van der Waals surface area contributed by atoms with E-state index in [0.29, 0.717) is 6.54 Å². The number of benzene rings is 1. The molecule has 0 radical (unpaired) electrons. The van der Waals surface area contributed by atoms with Crippen LogP contribution in [-0.2, 0) is 6.54 Å². The zero-order valence-corrected chi connectivity index (χ0v) is 10.00. The lowest BCUT2D eigenvalue weighted by molar-refractivity contribution is 0.568. The summed E-state index contributed by atoms with van der Waals surface area (Å²) in [4.78, 5) is 0. The summed E-state index contributed by atoms with van der Waals surface area (Å²) in [5, 5.41) is 10.0. The highest BCUT2D eigenvalue weighted by Gasteiger charge is 2.07. The van der Waals surface area contributed by atoms with Gasteiger partial charge in [0.2, 0.25) is 0 Å². The van der Waals surface area contributed by atoms with E-state index in [9.17, 15) is 4.39 Å². The second-order valence-corrected chi connectivity index (χ2v) is 4.21. The Morgan fingerprint density at radius 3 is 3.00 bits per heavy atom. The normalized spacial score (nSPS) is 12.6. The Kier molecular flexibility index (Phi) is 3.54. The zero-order valence-electron chi connectivity index (χ0n) is 10.00. The van der Waals surface area contributed by atoms with E-state index in [1.54, 1.807) is 18.3 Å². The molecule has 0 fully saturated rings. The van der Waals surface area contributed by atoms with Crippen molar-refractivity contribution in [1.82, 2.24) is 15.5 Å². The average Bonchev–Trinajstić information content (AvgIpc) is 2.83. The third-order valence-corrected chi connectivity index (χ3v) is 2.93. The Hall–Kier alpha value is -1.68. The van der Waals surface area contributed by atoms with Crippen LogP contribution in [0.15, 0.2) is 30.6 Å². The first-order chi connectivity index (χ1) is 8.16. The quantitative estimate of drug-likeness (QED) is 0.852. The number of nitrogens with one attached hydrogen (secondary N) is 2. The smallest absolute Gasteiger partial charge is 0.123 e. The van der Waals surface area contributed by atoms with E-state index in [0.717, 1.165) is 16.7 Å². The Bertz CT molecular complexity index is 479. The van der Waals surface area contributed by atoms with Crippen LogP contribution in [0.5, 0.6) is 0 Å². The van der Waals surface area contributed by atoms with Crippen molar-refractivity contribution in [3.8, 4) is 0 Å². The van der Waals surface area contributed by atoms with Gasteiger partial charge in [-0.2, -0.15) is 5.10 Å². The molecule has 0 aliphatic rings. The number of aromatic amines is 1. The third kappa shape index (κ3) is 2.91. The molecule has 0 aliphatic carbocycles. The van der Waals surface area contributed by atoms with E-state index < -0.39 is 0 Å². The molecule has 0 saturated carbocycles. The van der Waals surface area contributed by atoms with Gasteiger partial charge in [-0.15, -0.1) is 0 Å². The van der Waals surface area contributed by atoms with Crippen LogP contribution in [-0.4, -0.2) is 10.2 Å². The van der Waals surface area contributed by atoms with Crippen molar-refractivity contribution in [3.05, 3.63) is 53.1 Å². The van der Waals surface area contributed by atoms with E-state index in [1.165, 1.54) is 6.07 Å². The zero-order chi connectivity index (χ0) is 12.3. The molecule has 0 amide bonds. The maximum absolute atomic E-state index is 13.1. The minimum absolute atomic E-state index is 0.191. The topological polar surface area (TPSA) is 40.7 Å². The number of halogens is 1. The number of aromatic nitrogens is 2. The van der Waals surface area contributed by atoms with Crippen LogP contribution in [0.3, 0.4) is 0 Å². The lowest BCUT2D eigenvalue weighted by atomic mass is 10.1. The van der Waals surface area contributed by atoms with Crippen molar-refractivity contribution in [3.63, 3.8) is 0 Å². The van der Waals surface area contributed by atoms with Gasteiger partial charge in [0, 0.05) is 24.3 Å². The van der Waals surface area contributed by atoms with Crippen LogP contribution in [0.4, 0.5) is 4.39 Å². The Labute approximate surface area is 100 Å². The average molecular weight is 233 g/mol. The molecule has 4 heteroatoms. The van der Waals surface area contributed by atoms with Crippen molar-refractivity contribution < 1.29 is 4.39 Å². The molecule has 1 heterocycles. The van der Waals surface area contributed by atoms with Gasteiger partial charge in [0.15, 0.2) is 0 Å². The van der Waals surface area contributed by atoms with Crippen LogP contribution in [0.2, 0.25) is 0 Å². The second kappa shape index (κ2) is 5.10. The summed E-state index contributed by atoms with van der Waals surface area (Å²) < 4.78 is 13.1. The Morgan fingerprint density at radius 1 is 1.47 bits per heavy atom. The minimum Gasteiger partial charge on any atom is -0.306 e. The van der Waals surface area contributed by atoms with E-state index >= 15 is 0 Å². The Morgan fingerprint density at radius 2 is 2.29 bits per heavy atom. The van der Waals surface area contributed by atoms with Gasteiger partial charge in [0.25, 0.3) is 0 Å². The highest BCUT2D eigenvalue weighted by atomic mass is 19.1. The molecule has 2 aromatic rings. The number of aryl methyl sites for hydroxylation is 1. The van der Waals surface area contributed by atoms with E-state index in [2.05, 4.69) is 22.4 Å². The van der Waals surface area contributed by atoms with Gasteiger partial charge < -0.3 is 5.32 Å². The molecule has 2 rings (SSSR count). The standard InChI is InChI=1S/C13H16FN3/c1-9-3-4-13(14)5-11(9)6-15-10(2)12-7-16-17-8-12/h3-5,7-8,10,15H,6H2,1-2H3,(H,16,17). The summed E-state index contributed by atoms with van der Waals surface area (Å²) in [5.74, 6) is -0.191. The number of rotatable bonds is 4.